The second-order valence-corrected chi connectivity index (χ2v) is 9.58. The third-order valence-corrected chi connectivity index (χ3v) is 7.03. The lowest BCUT2D eigenvalue weighted by Gasteiger charge is -2.17. The van der Waals surface area contributed by atoms with Crippen molar-refractivity contribution in [1.82, 2.24) is 15.2 Å². The van der Waals surface area contributed by atoms with Crippen LogP contribution in [0.5, 0.6) is 0 Å². The van der Waals surface area contributed by atoms with E-state index in [-0.39, 0.29) is 5.91 Å². The number of anilines is 1. The second-order valence-electron chi connectivity index (χ2n) is 7.21. The normalized spacial score (nSPS) is 11.5. The van der Waals surface area contributed by atoms with E-state index in [0.29, 0.717) is 22.1 Å². The highest BCUT2D eigenvalue weighted by molar-refractivity contribution is 8.00. The summed E-state index contributed by atoms with van der Waals surface area (Å²) in [7, 11) is 0. The number of nitriles is 1. The van der Waals surface area contributed by atoms with Crippen LogP contribution in [0.3, 0.4) is 0 Å². The van der Waals surface area contributed by atoms with Gasteiger partial charge in [0.1, 0.15) is 16.1 Å². The number of aromatic nitrogens is 3. The molecule has 0 aliphatic carbocycles. The fraction of sp³-hybridized carbons (Fsp3) is 0.160. The van der Waals surface area contributed by atoms with Gasteiger partial charge in [-0.2, -0.15) is 5.26 Å². The molecule has 0 fully saturated rings. The molecule has 1 unspecified atom stereocenters. The lowest BCUT2D eigenvalue weighted by molar-refractivity contribution is -0.115. The van der Waals surface area contributed by atoms with Crippen LogP contribution in [-0.4, -0.2) is 26.3 Å². The third kappa shape index (κ3) is 5.28. The number of carbonyl (C=O) groups is 1. The SMILES string of the molecule is CCC(Sc1nc(-c2ccccc2)cc(-c2ccccc2)c1C#N)C(=O)Nc1nnc(C)s1. The van der Waals surface area contributed by atoms with Gasteiger partial charge in [0.15, 0.2) is 0 Å². The van der Waals surface area contributed by atoms with Crippen LogP contribution in [0.25, 0.3) is 22.4 Å². The Kier molecular flexibility index (Phi) is 7.13. The van der Waals surface area contributed by atoms with Gasteiger partial charge < -0.3 is 0 Å². The van der Waals surface area contributed by atoms with E-state index in [1.807, 2.05) is 80.6 Å². The van der Waals surface area contributed by atoms with E-state index in [9.17, 15) is 10.1 Å². The fourth-order valence-electron chi connectivity index (χ4n) is 3.31. The summed E-state index contributed by atoms with van der Waals surface area (Å²) in [6.07, 6.45) is 0.567. The molecule has 1 N–H and O–H groups in total. The molecule has 2 aromatic carbocycles. The molecule has 2 heterocycles. The zero-order valence-electron chi connectivity index (χ0n) is 18.1. The first kappa shape index (κ1) is 22.6. The van der Waals surface area contributed by atoms with Gasteiger partial charge in [-0.25, -0.2) is 4.98 Å². The van der Waals surface area contributed by atoms with Crippen molar-refractivity contribution in [1.29, 1.82) is 5.26 Å². The Morgan fingerprint density at radius 2 is 1.76 bits per heavy atom. The number of rotatable bonds is 7. The molecule has 2 aromatic heterocycles. The summed E-state index contributed by atoms with van der Waals surface area (Å²) in [5.41, 5.74) is 3.89. The van der Waals surface area contributed by atoms with E-state index in [2.05, 4.69) is 21.6 Å². The van der Waals surface area contributed by atoms with Gasteiger partial charge in [-0.15, -0.1) is 10.2 Å². The molecule has 8 heteroatoms. The molecule has 0 bridgehead atoms. The summed E-state index contributed by atoms with van der Waals surface area (Å²) in [6, 6.07) is 23.9. The standard InChI is InChI=1S/C25H21N5OS2/c1-3-22(23(31)28-25-30-29-16(2)32-25)33-24-20(15-26)19(17-10-6-4-7-11-17)14-21(27-24)18-12-8-5-9-13-18/h4-14,22H,3H2,1-2H3,(H,28,30,31). The van der Waals surface area contributed by atoms with Crippen LogP contribution in [-0.2, 0) is 4.79 Å². The van der Waals surface area contributed by atoms with Crippen molar-refractivity contribution in [3.8, 4) is 28.5 Å². The molecule has 0 radical (unpaired) electrons. The molecule has 4 aromatic rings. The van der Waals surface area contributed by atoms with E-state index in [1.165, 1.54) is 23.1 Å². The smallest absolute Gasteiger partial charge is 0.239 e. The van der Waals surface area contributed by atoms with E-state index >= 15 is 0 Å². The molecule has 0 saturated carbocycles. The maximum Gasteiger partial charge on any atom is 0.239 e. The Morgan fingerprint density at radius 1 is 1.09 bits per heavy atom. The summed E-state index contributed by atoms with van der Waals surface area (Å²) in [5, 5.41) is 22.2. The number of nitrogens with one attached hydrogen (secondary N) is 1. The van der Waals surface area contributed by atoms with Gasteiger partial charge in [0, 0.05) is 11.1 Å². The van der Waals surface area contributed by atoms with Crippen LogP contribution < -0.4 is 5.32 Å². The third-order valence-electron chi connectivity index (χ3n) is 4.93. The molecule has 164 valence electrons. The first-order chi connectivity index (χ1) is 16.1. The van der Waals surface area contributed by atoms with Crippen LogP contribution in [0, 0.1) is 18.3 Å². The first-order valence-corrected chi connectivity index (χ1v) is 12.1. The summed E-state index contributed by atoms with van der Waals surface area (Å²) >= 11 is 2.63. The van der Waals surface area contributed by atoms with Crippen molar-refractivity contribution in [2.45, 2.75) is 30.5 Å². The van der Waals surface area contributed by atoms with Gasteiger partial charge in [-0.1, -0.05) is 90.7 Å². The summed E-state index contributed by atoms with van der Waals surface area (Å²) in [4.78, 5) is 17.8. The topological polar surface area (TPSA) is 91.6 Å². The van der Waals surface area contributed by atoms with Crippen molar-refractivity contribution >= 4 is 34.1 Å². The van der Waals surface area contributed by atoms with Crippen LogP contribution in [0.4, 0.5) is 5.13 Å². The van der Waals surface area contributed by atoms with Crippen LogP contribution in [0.2, 0.25) is 0 Å². The molecule has 6 nitrogen and oxygen atoms in total. The molecule has 4 rings (SSSR count). The van der Waals surface area contributed by atoms with Gasteiger partial charge in [-0.05, 0) is 25.0 Å². The minimum atomic E-state index is -0.441. The van der Waals surface area contributed by atoms with E-state index in [4.69, 9.17) is 4.98 Å². The number of nitrogens with zero attached hydrogens (tertiary/aromatic N) is 4. The molecular formula is C25H21N5OS2. The highest BCUT2D eigenvalue weighted by Gasteiger charge is 2.24. The lowest BCUT2D eigenvalue weighted by atomic mass is 9.99. The quantitative estimate of drug-likeness (QED) is 0.335. The van der Waals surface area contributed by atoms with Crippen molar-refractivity contribution in [3.05, 3.63) is 77.3 Å². The number of thioether (sulfide) groups is 1. The predicted octanol–water partition coefficient (Wildman–Crippen LogP) is 5.96. The van der Waals surface area contributed by atoms with Crippen molar-refractivity contribution in [3.63, 3.8) is 0 Å². The first-order valence-electron chi connectivity index (χ1n) is 10.4. The van der Waals surface area contributed by atoms with Gasteiger partial charge >= 0.3 is 0 Å². The van der Waals surface area contributed by atoms with E-state index < -0.39 is 5.25 Å². The molecule has 1 amide bonds. The Bertz CT molecular complexity index is 1300. The van der Waals surface area contributed by atoms with Crippen molar-refractivity contribution < 1.29 is 4.79 Å². The average Bonchev–Trinajstić information content (AvgIpc) is 3.27. The molecule has 33 heavy (non-hydrogen) atoms. The van der Waals surface area contributed by atoms with Gasteiger partial charge in [-0.3, -0.25) is 10.1 Å². The highest BCUT2D eigenvalue weighted by Crippen LogP contribution is 2.36. The number of amides is 1. The minimum absolute atomic E-state index is 0.185. The van der Waals surface area contributed by atoms with Crippen LogP contribution in [0.15, 0.2) is 71.8 Å². The Labute approximate surface area is 200 Å². The number of carbonyl (C=O) groups excluding carboxylic acids is 1. The maximum absolute atomic E-state index is 13.0. The Morgan fingerprint density at radius 3 is 2.33 bits per heavy atom. The molecule has 0 saturated heterocycles. The Balaban J connectivity index is 1.75. The average molecular weight is 472 g/mol. The molecule has 0 aliphatic heterocycles. The second kappa shape index (κ2) is 10.4. The number of pyridine rings is 1. The molecule has 0 spiro atoms. The number of aryl methyl sites for hydroxylation is 1. The molecule has 1 atom stereocenters. The Hall–Kier alpha value is -3.54. The zero-order chi connectivity index (χ0) is 23.2. The van der Waals surface area contributed by atoms with Crippen LogP contribution in [0.1, 0.15) is 23.9 Å². The predicted molar refractivity (Wildman–Crippen MR) is 133 cm³/mol. The van der Waals surface area contributed by atoms with Crippen molar-refractivity contribution in [2.75, 3.05) is 5.32 Å². The summed E-state index contributed by atoms with van der Waals surface area (Å²) in [5.74, 6) is -0.185. The largest absolute Gasteiger partial charge is 0.300 e. The van der Waals surface area contributed by atoms with Gasteiger partial charge in [0.25, 0.3) is 0 Å². The lowest BCUT2D eigenvalue weighted by Crippen LogP contribution is -2.24. The van der Waals surface area contributed by atoms with Gasteiger partial charge in [0.05, 0.1) is 16.5 Å². The monoisotopic (exact) mass is 471 g/mol. The molecule has 0 aliphatic rings. The number of hydrogen-bond donors (Lipinski definition) is 1. The highest BCUT2D eigenvalue weighted by atomic mass is 32.2. The summed E-state index contributed by atoms with van der Waals surface area (Å²) < 4.78 is 0. The number of hydrogen-bond acceptors (Lipinski definition) is 7. The van der Waals surface area contributed by atoms with Crippen molar-refractivity contribution in [2.24, 2.45) is 0 Å². The minimum Gasteiger partial charge on any atom is -0.300 e. The van der Waals surface area contributed by atoms with E-state index in [1.54, 1.807) is 0 Å². The molecular weight excluding hydrogens is 450 g/mol. The maximum atomic E-state index is 13.0. The summed E-state index contributed by atoms with van der Waals surface area (Å²) in [6.45, 7) is 3.77. The fourth-order valence-corrected chi connectivity index (χ4v) is 4.93. The number of benzene rings is 2. The van der Waals surface area contributed by atoms with Gasteiger partial charge in [0.2, 0.25) is 11.0 Å². The van der Waals surface area contributed by atoms with Crippen LogP contribution >= 0.6 is 23.1 Å². The zero-order valence-corrected chi connectivity index (χ0v) is 19.8. The van der Waals surface area contributed by atoms with E-state index in [0.717, 1.165) is 27.4 Å².